The molecule has 0 saturated heterocycles. The average molecular weight is 220 g/mol. The number of nitrogens with two attached hydrogens (primary N) is 1. The first-order chi connectivity index (χ1) is 7.65. The SMILES string of the molecule is CCC[C@@H](CCc1ccccc1N)N(C)C. The predicted molar refractivity (Wildman–Crippen MR) is 71.6 cm³/mol. The van der Waals surface area contributed by atoms with Gasteiger partial charge >= 0.3 is 0 Å². The molecule has 0 aliphatic heterocycles. The number of benzene rings is 1. The van der Waals surface area contributed by atoms with Gasteiger partial charge in [-0.05, 0) is 45.0 Å². The Bertz CT molecular complexity index is 307. The van der Waals surface area contributed by atoms with E-state index in [2.05, 4.69) is 38.1 Å². The lowest BCUT2D eigenvalue weighted by Crippen LogP contribution is -2.28. The quantitative estimate of drug-likeness (QED) is 0.747. The first-order valence-electron chi connectivity index (χ1n) is 6.15. The highest BCUT2D eigenvalue weighted by molar-refractivity contribution is 5.46. The summed E-state index contributed by atoms with van der Waals surface area (Å²) in [4.78, 5) is 2.32. The lowest BCUT2D eigenvalue weighted by molar-refractivity contribution is 0.262. The van der Waals surface area contributed by atoms with E-state index >= 15 is 0 Å². The summed E-state index contributed by atoms with van der Waals surface area (Å²) >= 11 is 0. The van der Waals surface area contributed by atoms with Crippen LogP contribution in [0, 0.1) is 0 Å². The van der Waals surface area contributed by atoms with Crippen molar-refractivity contribution in [1.29, 1.82) is 0 Å². The van der Waals surface area contributed by atoms with Crippen LogP contribution in [0.5, 0.6) is 0 Å². The van der Waals surface area contributed by atoms with Crippen LogP contribution in [-0.4, -0.2) is 25.0 Å². The van der Waals surface area contributed by atoms with Crippen LogP contribution in [0.2, 0.25) is 0 Å². The minimum Gasteiger partial charge on any atom is -0.399 e. The normalized spacial score (nSPS) is 13.0. The van der Waals surface area contributed by atoms with Crippen LogP contribution in [0.1, 0.15) is 31.7 Å². The number of nitrogen functional groups attached to an aromatic ring is 1. The summed E-state index contributed by atoms with van der Waals surface area (Å²) < 4.78 is 0. The number of nitrogens with zero attached hydrogens (tertiary/aromatic N) is 1. The molecular formula is C14H24N2. The summed E-state index contributed by atoms with van der Waals surface area (Å²) in [5.41, 5.74) is 8.15. The predicted octanol–water partition coefficient (Wildman–Crippen LogP) is 2.93. The molecule has 0 aliphatic carbocycles. The molecule has 90 valence electrons. The van der Waals surface area contributed by atoms with Crippen molar-refractivity contribution in [1.82, 2.24) is 4.90 Å². The van der Waals surface area contributed by atoms with E-state index in [9.17, 15) is 0 Å². The number of hydrogen-bond donors (Lipinski definition) is 1. The molecule has 1 atom stereocenters. The number of hydrogen-bond acceptors (Lipinski definition) is 2. The molecular weight excluding hydrogens is 196 g/mol. The largest absolute Gasteiger partial charge is 0.399 e. The van der Waals surface area contributed by atoms with E-state index in [0.717, 1.165) is 12.1 Å². The lowest BCUT2D eigenvalue weighted by atomic mass is 10.0. The Hall–Kier alpha value is -1.02. The Labute approximate surface area is 99.5 Å². The van der Waals surface area contributed by atoms with E-state index in [-0.39, 0.29) is 0 Å². The molecule has 0 unspecified atom stereocenters. The van der Waals surface area contributed by atoms with E-state index in [4.69, 9.17) is 5.73 Å². The Morgan fingerprint density at radius 3 is 2.44 bits per heavy atom. The molecule has 1 rings (SSSR count). The topological polar surface area (TPSA) is 29.3 Å². The second-order valence-corrected chi connectivity index (χ2v) is 4.64. The second kappa shape index (κ2) is 6.54. The van der Waals surface area contributed by atoms with Crippen LogP contribution in [0.4, 0.5) is 5.69 Å². The van der Waals surface area contributed by atoms with Gasteiger partial charge in [-0.25, -0.2) is 0 Å². The smallest absolute Gasteiger partial charge is 0.0346 e. The molecule has 0 fully saturated rings. The van der Waals surface area contributed by atoms with Gasteiger partial charge in [-0.2, -0.15) is 0 Å². The van der Waals surface area contributed by atoms with Gasteiger partial charge in [-0.1, -0.05) is 31.5 Å². The third kappa shape index (κ3) is 3.86. The van der Waals surface area contributed by atoms with Gasteiger partial charge in [0.05, 0.1) is 0 Å². The van der Waals surface area contributed by atoms with Crippen LogP contribution in [0.25, 0.3) is 0 Å². The van der Waals surface area contributed by atoms with Crippen molar-refractivity contribution in [2.45, 2.75) is 38.6 Å². The van der Waals surface area contributed by atoms with Crippen molar-refractivity contribution < 1.29 is 0 Å². The highest BCUT2D eigenvalue weighted by Gasteiger charge is 2.10. The van der Waals surface area contributed by atoms with E-state index in [1.54, 1.807) is 0 Å². The number of rotatable bonds is 6. The van der Waals surface area contributed by atoms with Crippen LogP contribution < -0.4 is 5.73 Å². The molecule has 0 bridgehead atoms. The minimum absolute atomic E-state index is 0.671. The summed E-state index contributed by atoms with van der Waals surface area (Å²) in [7, 11) is 4.32. The molecule has 0 radical (unpaired) electrons. The fraction of sp³-hybridized carbons (Fsp3) is 0.571. The molecule has 1 aromatic rings. The average Bonchev–Trinajstić information content (AvgIpc) is 2.26. The molecule has 1 aromatic carbocycles. The maximum atomic E-state index is 5.94. The molecule has 0 saturated carbocycles. The van der Waals surface area contributed by atoms with Crippen molar-refractivity contribution in [2.75, 3.05) is 19.8 Å². The number of para-hydroxylation sites is 1. The summed E-state index contributed by atoms with van der Waals surface area (Å²) in [5.74, 6) is 0. The fourth-order valence-electron chi connectivity index (χ4n) is 2.08. The van der Waals surface area contributed by atoms with Gasteiger partial charge in [0.2, 0.25) is 0 Å². The van der Waals surface area contributed by atoms with Crippen molar-refractivity contribution in [3.8, 4) is 0 Å². The van der Waals surface area contributed by atoms with Gasteiger partial charge in [0.15, 0.2) is 0 Å². The fourth-order valence-corrected chi connectivity index (χ4v) is 2.08. The van der Waals surface area contributed by atoms with Crippen LogP contribution in [0.15, 0.2) is 24.3 Å². The van der Waals surface area contributed by atoms with E-state index < -0.39 is 0 Å². The van der Waals surface area contributed by atoms with Crippen molar-refractivity contribution in [2.24, 2.45) is 0 Å². The molecule has 0 spiro atoms. The number of aryl methyl sites for hydroxylation is 1. The van der Waals surface area contributed by atoms with Crippen molar-refractivity contribution in [3.05, 3.63) is 29.8 Å². The van der Waals surface area contributed by atoms with Gasteiger partial charge in [-0.15, -0.1) is 0 Å². The molecule has 0 heterocycles. The highest BCUT2D eigenvalue weighted by atomic mass is 15.1. The van der Waals surface area contributed by atoms with Gasteiger partial charge in [0.1, 0.15) is 0 Å². The molecule has 0 aromatic heterocycles. The molecule has 16 heavy (non-hydrogen) atoms. The van der Waals surface area contributed by atoms with Gasteiger partial charge in [0, 0.05) is 11.7 Å². The Morgan fingerprint density at radius 1 is 1.19 bits per heavy atom. The van der Waals surface area contributed by atoms with Gasteiger partial charge < -0.3 is 10.6 Å². The molecule has 2 N–H and O–H groups in total. The van der Waals surface area contributed by atoms with E-state index in [1.807, 2.05) is 12.1 Å². The van der Waals surface area contributed by atoms with Gasteiger partial charge in [-0.3, -0.25) is 0 Å². The summed E-state index contributed by atoms with van der Waals surface area (Å²) in [5, 5.41) is 0. The van der Waals surface area contributed by atoms with Crippen LogP contribution in [-0.2, 0) is 6.42 Å². The summed E-state index contributed by atoms with van der Waals surface area (Å²) in [6.45, 7) is 2.24. The van der Waals surface area contributed by atoms with Crippen LogP contribution in [0.3, 0.4) is 0 Å². The Balaban J connectivity index is 2.52. The second-order valence-electron chi connectivity index (χ2n) is 4.64. The van der Waals surface area contributed by atoms with Crippen molar-refractivity contribution >= 4 is 5.69 Å². The molecule has 0 amide bonds. The molecule has 2 nitrogen and oxygen atoms in total. The molecule has 0 aliphatic rings. The Kier molecular flexibility index (Phi) is 5.33. The zero-order valence-electron chi connectivity index (χ0n) is 10.7. The lowest BCUT2D eigenvalue weighted by Gasteiger charge is -2.24. The first kappa shape index (κ1) is 13.0. The third-order valence-corrected chi connectivity index (χ3v) is 3.15. The van der Waals surface area contributed by atoms with Crippen LogP contribution >= 0.6 is 0 Å². The molecule has 2 heteroatoms. The minimum atomic E-state index is 0.671. The summed E-state index contributed by atoms with van der Waals surface area (Å²) in [6, 6.07) is 8.85. The van der Waals surface area contributed by atoms with Crippen molar-refractivity contribution in [3.63, 3.8) is 0 Å². The van der Waals surface area contributed by atoms with E-state index in [1.165, 1.54) is 24.8 Å². The standard InChI is InChI=1S/C14H24N2/c1-4-7-13(16(2)3)11-10-12-8-5-6-9-14(12)15/h5-6,8-9,13H,4,7,10-11,15H2,1-3H3/t13-/m0/s1. The Morgan fingerprint density at radius 2 is 1.88 bits per heavy atom. The number of anilines is 1. The zero-order chi connectivity index (χ0) is 12.0. The zero-order valence-corrected chi connectivity index (χ0v) is 10.7. The van der Waals surface area contributed by atoms with Gasteiger partial charge in [0.25, 0.3) is 0 Å². The maximum absolute atomic E-state index is 5.94. The first-order valence-corrected chi connectivity index (χ1v) is 6.15. The monoisotopic (exact) mass is 220 g/mol. The third-order valence-electron chi connectivity index (χ3n) is 3.15. The maximum Gasteiger partial charge on any atom is 0.0346 e. The summed E-state index contributed by atoms with van der Waals surface area (Å²) in [6.07, 6.45) is 4.78. The highest BCUT2D eigenvalue weighted by Crippen LogP contribution is 2.16. The van der Waals surface area contributed by atoms with E-state index in [0.29, 0.717) is 6.04 Å².